The summed E-state index contributed by atoms with van der Waals surface area (Å²) in [4.78, 5) is 19.3. The van der Waals surface area contributed by atoms with Crippen LogP contribution >= 0.6 is 22.9 Å². The van der Waals surface area contributed by atoms with Gasteiger partial charge >= 0.3 is 0 Å². The molecule has 1 amide bonds. The van der Waals surface area contributed by atoms with Gasteiger partial charge in [0.2, 0.25) is 0 Å². The number of amides is 1. The Labute approximate surface area is 203 Å². The molecule has 3 aromatic rings. The van der Waals surface area contributed by atoms with E-state index in [0.717, 1.165) is 56.0 Å². The van der Waals surface area contributed by atoms with E-state index in [9.17, 15) is 4.79 Å². The van der Waals surface area contributed by atoms with E-state index in [1.165, 1.54) is 10.4 Å². The molecule has 1 saturated heterocycles. The lowest BCUT2D eigenvalue weighted by atomic mass is 9.94. The number of carbonyl (C=O) groups is 1. The van der Waals surface area contributed by atoms with Crippen molar-refractivity contribution in [2.24, 2.45) is 0 Å². The SMILES string of the molecule is CC(C)OCCN1CCN(C(=O)c2nn(-c3ccccc3Cl)c3c2CCc2sccc2-3)CC1. The molecule has 3 heterocycles. The molecule has 2 aromatic heterocycles. The molecule has 1 fully saturated rings. The Morgan fingerprint density at radius 1 is 1.15 bits per heavy atom. The van der Waals surface area contributed by atoms with Crippen molar-refractivity contribution in [2.45, 2.75) is 32.8 Å². The lowest BCUT2D eigenvalue weighted by Gasteiger charge is -2.34. The van der Waals surface area contributed by atoms with E-state index in [1.807, 2.05) is 33.8 Å². The van der Waals surface area contributed by atoms with Gasteiger partial charge in [-0.15, -0.1) is 11.3 Å². The van der Waals surface area contributed by atoms with Crippen LogP contribution < -0.4 is 0 Å². The monoisotopic (exact) mass is 484 g/mol. The number of aryl methyl sites for hydroxylation is 1. The van der Waals surface area contributed by atoms with Crippen molar-refractivity contribution in [3.63, 3.8) is 0 Å². The first kappa shape index (κ1) is 22.6. The Bertz CT molecular complexity index is 1150. The lowest BCUT2D eigenvalue weighted by Crippen LogP contribution is -2.49. The van der Waals surface area contributed by atoms with Crippen molar-refractivity contribution < 1.29 is 9.53 Å². The Kier molecular flexibility index (Phi) is 6.56. The highest BCUT2D eigenvalue weighted by molar-refractivity contribution is 7.10. The second-order valence-electron chi connectivity index (χ2n) is 8.85. The summed E-state index contributed by atoms with van der Waals surface area (Å²) >= 11 is 8.31. The highest BCUT2D eigenvalue weighted by atomic mass is 35.5. The van der Waals surface area contributed by atoms with Gasteiger partial charge in [-0.3, -0.25) is 9.69 Å². The zero-order valence-electron chi connectivity index (χ0n) is 19.1. The first-order chi connectivity index (χ1) is 16.0. The minimum atomic E-state index is 0.0220. The zero-order valence-corrected chi connectivity index (χ0v) is 20.7. The van der Waals surface area contributed by atoms with Crippen LogP contribution in [0.1, 0.15) is 34.8 Å². The van der Waals surface area contributed by atoms with Crippen LogP contribution in [0.5, 0.6) is 0 Å². The number of hydrogen-bond acceptors (Lipinski definition) is 5. The molecule has 0 unspecified atom stereocenters. The summed E-state index contributed by atoms with van der Waals surface area (Å²) in [5, 5.41) is 7.62. The van der Waals surface area contributed by atoms with Gasteiger partial charge in [0.15, 0.2) is 5.69 Å². The number of carbonyl (C=O) groups excluding carboxylic acids is 1. The third kappa shape index (κ3) is 4.47. The maximum Gasteiger partial charge on any atom is 0.274 e. The number of thiophene rings is 1. The third-order valence-corrected chi connectivity index (χ3v) is 7.69. The molecule has 0 spiro atoms. The van der Waals surface area contributed by atoms with Crippen molar-refractivity contribution in [3.8, 4) is 16.9 Å². The first-order valence-electron chi connectivity index (χ1n) is 11.6. The van der Waals surface area contributed by atoms with Crippen molar-refractivity contribution in [1.29, 1.82) is 0 Å². The number of halogens is 1. The molecule has 2 aliphatic rings. The fourth-order valence-corrected chi connectivity index (χ4v) is 5.75. The topological polar surface area (TPSA) is 50.6 Å². The molecule has 6 nitrogen and oxygen atoms in total. The van der Waals surface area contributed by atoms with Crippen LogP contribution in [-0.4, -0.2) is 70.9 Å². The van der Waals surface area contributed by atoms with Gasteiger partial charge in [-0.25, -0.2) is 4.68 Å². The van der Waals surface area contributed by atoms with Gasteiger partial charge < -0.3 is 9.64 Å². The molecule has 174 valence electrons. The molecule has 1 aliphatic carbocycles. The molecule has 0 saturated carbocycles. The van der Waals surface area contributed by atoms with Crippen molar-refractivity contribution >= 4 is 28.8 Å². The van der Waals surface area contributed by atoms with Crippen LogP contribution in [-0.2, 0) is 17.6 Å². The van der Waals surface area contributed by atoms with Crippen LogP contribution in [0, 0.1) is 0 Å². The van der Waals surface area contributed by atoms with Gasteiger partial charge in [-0.1, -0.05) is 23.7 Å². The van der Waals surface area contributed by atoms with Gasteiger partial charge in [0, 0.05) is 48.7 Å². The summed E-state index contributed by atoms with van der Waals surface area (Å²) in [7, 11) is 0. The molecule has 33 heavy (non-hydrogen) atoms. The molecule has 0 radical (unpaired) electrons. The molecule has 1 aromatic carbocycles. The molecular weight excluding hydrogens is 456 g/mol. The molecule has 1 aliphatic heterocycles. The average molecular weight is 485 g/mol. The number of nitrogens with zero attached hydrogens (tertiary/aromatic N) is 4. The van der Waals surface area contributed by atoms with Gasteiger partial charge in [0.05, 0.1) is 29.1 Å². The summed E-state index contributed by atoms with van der Waals surface area (Å²) in [6.45, 7) is 8.86. The fourth-order valence-electron chi connectivity index (χ4n) is 4.66. The quantitative estimate of drug-likeness (QED) is 0.515. The second-order valence-corrected chi connectivity index (χ2v) is 10.3. The van der Waals surface area contributed by atoms with Gasteiger partial charge in [-0.05, 0) is 50.3 Å². The van der Waals surface area contributed by atoms with Crippen LogP contribution in [0.3, 0.4) is 0 Å². The van der Waals surface area contributed by atoms with E-state index in [2.05, 4.69) is 30.2 Å². The molecular formula is C25H29ClN4O2S. The Hall–Kier alpha value is -2.19. The summed E-state index contributed by atoms with van der Waals surface area (Å²) in [6, 6.07) is 9.83. The van der Waals surface area contributed by atoms with Crippen LogP contribution in [0.15, 0.2) is 35.7 Å². The Balaban J connectivity index is 1.41. The van der Waals surface area contributed by atoms with E-state index < -0.39 is 0 Å². The Morgan fingerprint density at radius 2 is 1.94 bits per heavy atom. The summed E-state index contributed by atoms with van der Waals surface area (Å²) in [5.74, 6) is 0.0220. The highest BCUT2D eigenvalue weighted by Gasteiger charge is 2.33. The number of hydrogen-bond donors (Lipinski definition) is 0. The normalized spacial score (nSPS) is 16.2. The van der Waals surface area contributed by atoms with Gasteiger partial charge in [0.25, 0.3) is 5.91 Å². The van der Waals surface area contributed by atoms with Crippen LogP contribution in [0.2, 0.25) is 5.02 Å². The summed E-state index contributed by atoms with van der Waals surface area (Å²) < 4.78 is 7.57. The minimum absolute atomic E-state index is 0.0220. The smallest absolute Gasteiger partial charge is 0.274 e. The molecule has 0 bridgehead atoms. The first-order valence-corrected chi connectivity index (χ1v) is 12.9. The van der Waals surface area contributed by atoms with Crippen LogP contribution in [0.25, 0.3) is 16.9 Å². The number of benzene rings is 1. The molecule has 0 atom stereocenters. The van der Waals surface area contributed by atoms with Crippen LogP contribution in [0.4, 0.5) is 0 Å². The predicted octanol–water partition coefficient (Wildman–Crippen LogP) is 4.54. The van der Waals surface area contributed by atoms with Crippen molar-refractivity contribution in [1.82, 2.24) is 19.6 Å². The molecule has 0 N–H and O–H groups in total. The minimum Gasteiger partial charge on any atom is -0.377 e. The zero-order chi connectivity index (χ0) is 22.9. The van der Waals surface area contributed by atoms with Crippen molar-refractivity contribution in [3.05, 3.63) is 56.9 Å². The lowest BCUT2D eigenvalue weighted by molar-refractivity contribution is 0.0404. The van der Waals surface area contributed by atoms with Gasteiger partial charge in [0.1, 0.15) is 0 Å². The van der Waals surface area contributed by atoms with Gasteiger partial charge in [-0.2, -0.15) is 5.10 Å². The number of aromatic nitrogens is 2. The van der Waals surface area contributed by atoms with E-state index >= 15 is 0 Å². The van der Waals surface area contributed by atoms with E-state index in [-0.39, 0.29) is 12.0 Å². The number of piperazine rings is 1. The van der Waals surface area contributed by atoms with E-state index in [4.69, 9.17) is 21.4 Å². The highest BCUT2D eigenvalue weighted by Crippen LogP contribution is 2.40. The average Bonchev–Trinajstić information content (AvgIpc) is 3.44. The summed E-state index contributed by atoms with van der Waals surface area (Å²) in [5.41, 5.74) is 4.60. The molecule has 5 rings (SSSR count). The number of ether oxygens (including phenoxy) is 1. The van der Waals surface area contributed by atoms with E-state index in [0.29, 0.717) is 23.8 Å². The molecule has 8 heteroatoms. The number of fused-ring (bicyclic) bond motifs is 3. The second kappa shape index (κ2) is 9.58. The van der Waals surface area contributed by atoms with E-state index in [1.54, 1.807) is 11.3 Å². The number of rotatable bonds is 6. The standard InChI is InChI=1S/C25H29ClN4O2S/c1-17(2)32-15-14-28-10-12-29(13-11-28)25(31)23-19-7-8-22-18(9-16-33-22)24(19)30(27-23)21-6-4-3-5-20(21)26/h3-6,9,16-17H,7-8,10-15H2,1-2H3. The Morgan fingerprint density at radius 3 is 2.70 bits per heavy atom. The van der Waals surface area contributed by atoms with Crippen molar-refractivity contribution in [2.75, 3.05) is 39.3 Å². The third-order valence-electron chi connectivity index (χ3n) is 6.39. The largest absolute Gasteiger partial charge is 0.377 e. The predicted molar refractivity (Wildman–Crippen MR) is 133 cm³/mol. The number of para-hydroxylation sites is 1. The fraction of sp³-hybridized carbons (Fsp3) is 0.440. The maximum atomic E-state index is 13.6. The summed E-state index contributed by atoms with van der Waals surface area (Å²) in [6.07, 6.45) is 2.01. The maximum absolute atomic E-state index is 13.6.